The van der Waals surface area contributed by atoms with Gasteiger partial charge in [-0.2, -0.15) is 0 Å². The van der Waals surface area contributed by atoms with Gasteiger partial charge in [0.2, 0.25) is 5.91 Å². The Morgan fingerprint density at radius 1 is 1.39 bits per heavy atom. The number of likely N-dealkylation sites (N-methyl/N-ethyl adjacent to an activating group) is 1. The van der Waals surface area contributed by atoms with Gasteiger partial charge in [0.05, 0.1) is 6.04 Å². The minimum absolute atomic E-state index is 0. The van der Waals surface area contributed by atoms with E-state index >= 15 is 0 Å². The van der Waals surface area contributed by atoms with E-state index in [2.05, 4.69) is 10.1 Å². The molecule has 1 heterocycles. The lowest BCUT2D eigenvalue weighted by molar-refractivity contribution is -0.274. The molecule has 1 N–H and O–H groups in total. The van der Waals surface area contributed by atoms with Crippen molar-refractivity contribution >= 4 is 18.3 Å². The number of halogens is 4. The summed E-state index contributed by atoms with van der Waals surface area (Å²) < 4.78 is 40.5. The van der Waals surface area contributed by atoms with Crippen molar-refractivity contribution in [1.29, 1.82) is 0 Å². The number of ether oxygens (including phenoxy) is 1. The van der Waals surface area contributed by atoms with Gasteiger partial charge in [-0.05, 0) is 37.1 Å². The molecule has 2 rings (SSSR count). The zero-order valence-electron chi connectivity index (χ0n) is 12.7. The molecule has 4 nitrogen and oxygen atoms in total. The molecule has 1 unspecified atom stereocenters. The van der Waals surface area contributed by atoms with E-state index in [4.69, 9.17) is 0 Å². The van der Waals surface area contributed by atoms with Crippen LogP contribution in [-0.2, 0) is 11.3 Å². The Labute approximate surface area is 139 Å². The van der Waals surface area contributed by atoms with Crippen LogP contribution < -0.4 is 10.1 Å². The zero-order valence-corrected chi connectivity index (χ0v) is 13.5. The van der Waals surface area contributed by atoms with E-state index in [1.54, 1.807) is 13.1 Å². The largest absolute Gasteiger partial charge is 0.573 e. The number of alkyl halides is 3. The summed E-state index contributed by atoms with van der Waals surface area (Å²) in [5, 5.41) is 3.16. The number of carbonyl (C=O) groups excluding carboxylic acids is 1. The molecule has 1 saturated heterocycles. The van der Waals surface area contributed by atoms with Crippen molar-refractivity contribution in [2.24, 2.45) is 0 Å². The normalized spacial score (nSPS) is 18.0. The van der Waals surface area contributed by atoms with E-state index in [1.807, 2.05) is 0 Å². The molecular weight excluding hydrogens is 333 g/mol. The van der Waals surface area contributed by atoms with Gasteiger partial charge in [0.1, 0.15) is 5.75 Å². The molecule has 1 fully saturated rings. The van der Waals surface area contributed by atoms with Crippen molar-refractivity contribution in [2.75, 3.05) is 13.6 Å². The SMILES string of the molecule is CN(Cc1cccc(OC(F)(F)F)c1)C(=O)C1CCCCN1.Cl. The zero-order chi connectivity index (χ0) is 16.2. The average Bonchev–Trinajstić information content (AvgIpc) is 2.46. The number of carbonyl (C=O) groups is 1. The van der Waals surface area contributed by atoms with Crippen LogP contribution in [0, 0.1) is 0 Å². The average molecular weight is 353 g/mol. The van der Waals surface area contributed by atoms with Crippen LogP contribution in [0.15, 0.2) is 24.3 Å². The van der Waals surface area contributed by atoms with Gasteiger partial charge in [0, 0.05) is 13.6 Å². The lowest BCUT2D eigenvalue weighted by Gasteiger charge is -2.27. The molecule has 0 bridgehead atoms. The number of rotatable bonds is 4. The number of nitrogens with one attached hydrogen (secondary N) is 1. The van der Waals surface area contributed by atoms with Crippen molar-refractivity contribution in [1.82, 2.24) is 10.2 Å². The summed E-state index contributed by atoms with van der Waals surface area (Å²) >= 11 is 0. The first-order valence-electron chi connectivity index (χ1n) is 7.18. The number of piperidine rings is 1. The second-order valence-corrected chi connectivity index (χ2v) is 5.39. The Balaban J connectivity index is 0.00000264. The van der Waals surface area contributed by atoms with E-state index < -0.39 is 6.36 Å². The third-order valence-corrected chi connectivity index (χ3v) is 3.54. The second-order valence-electron chi connectivity index (χ2n) is 5.39. The number of nitrogens with zero attached hydrogens (tertiary/aromatic N) is 1. The van der Waals surface area contributed by atoms with Crippen LogP contribution in [0.5, 0.6) is 5.75 Å². The number of hydrogen-bond acceptors (Lipinski definition) is 3. The maximum atomic E-state index is 12.3. The van der Waals surface area contributed by atoms with Gasteiger partial charge in [-0.1, -0.05) is 18.6 Å². The Morgan fingerprint density at radius 2 is 2.13 bits per heavy atom. The fourth-order valence-electron chi connectivity index (χ4n) is 2.52. The highest BCUT2D eigenvalue weighted by Crippen LogP contribution is 2.23. The van der Waals surface area contributed by atoms with E-state index in [0.717, 1.165) is 25.8 Å². The van der Waals surface area contributed by atoms with E-state index in [-0.39, 0.29) is 36.7 Å². The minimum atomic E-state index is -4.72. The van der Waals surface area contributed by atoms with Crippen LogP contribution in [-0.4, -0.2) is 36.8 Å². The van der Waals surface area contributed by atoms with E-state index in [9.17, 15) is 18.0 Å². The van der Waals surface area contributed by atoms with E-state index in [1.165, 1.54) is 23.1 Å². The van der Waals surface area contributed by atoms with Crippen LogP contribution in [0.4, 0.5) is 13.2 Å². The quantitative estimate of drug-likeness (QED) is 0.905. The highest BCUT2D eigenvalue weighted by Gasteiger charge is 2.31. The lowest BCUT2D eigenvalue weighted by Crippen LogP contribution is -2.46. The van der Waals surface area contributed by atoms with Gasteiger partial charge < -0.3 is 15.0 Å². The lowest BCUT2D eigenvalue weighted by atomic mass is 10.0. The van der Waals surface area contributed by atoms with Crippen molar-refractivity contribution in [3.05, 3.63) is 29.8 Å². The molecule has 1 atom stereocenters. The fraction of sp³-hybridized carbons (Fsp3) is 0.533. The Hall–Kier alpha value is -1.47. The molecule has 1 aliphatic rings. The first-order chi connectivity index (χ1) is 10.3. The Morgan fingerprint density at radius 3 is 2.74 bits per heavy atom. The van der Waals surface area contributed by atoms with Gasteiger partial charge in [0.25, 0.3) is 0 Å². The standard InChI is InChI=1S/C15H19F3N2O2.ClH/c1-20(14(21)13-7-2-3-8-19-13)10-11-5-4-6-12(9-11)22-15(16,17)18;/h4-6,9,13,19H,2-3,7-8,10H2,1H3;1H. The third-order valence-electron chi connectivity index (χ3n) is 3.54. The maximum Gasteiger partial charge on any atom is 0.573 e. The predicted molar refractivity (Wildman–Crippen MR) is 82.5 cm³/mol. The molecule has 8 heteroatoms. The molecule has 1 amide bonds. The first kappa shape index (κ1) is 19.6. The van der Waals surface area contributed by atoms with Crippen LogP contribution in [0.2, 0.25) is 0 Å². The van der Waals surface area contributed by atoms with Gasteiger partial charge in [-0.15, -0.1) is 25.6 Å². The van der Waals surface area contributed by atoms with Crippen molar-refractivity contribution in [3.8, 4) is 5.75 Å². The molecule has 1 aliphatic heterocycles. The van der Waals surface area contributed by atoms with Crippen molar-refractivity contribution in [2.45, 2.75) is 38.2 Å². The molecule has 0 aliphatic carbocycles. The molecule has 23 heavy (non-hydrogen) atoms. The van der Waals surface area contributed by atoms with Gasteiger partial charge >= 0.3 is 6.36 Å². The van der Waals surface area contributed by atoms with Crippen molar-refractivity contribution in [3.63, 3.8) is 0 Å². The smallest absolute Gasteiger partial charge is 0.406 e. The number of amides is 1. The van der Waals surface area contributed by atoms with Crippen LogP contribution in [0.25, 0.3) is 0 Å². The van der Waals surface area contributed by atoms with Gasteiger partial charge in [0.15, 0.2) is 0 Å². The van der Waals surface area contributed by atoms with Crippen molar-refractivity contribution < 1.29 is 22.7 Å². The third kappa shape index (κ3) is 6.27. The Kier molecular flexibility index (Phi) is 7.15. The summed E-state index contributed by atoms with van der Waals surface area (Å²) in [6.07, 6.45) is -1.86. The number of benzene rings is 1. The first-order valence-corrected chi connectivity index (χ1v) is 7.18. The highest BCUT2D eigenvalue weighted by atomic mass is 35.5. The number of hydrogen-bond donors (Lipinski definition) is 1. The summed E-state index contributed by atoms with van der Waals surface area (Å²) in [7, 11) is 1.65. The Bertz CT molecular complexity index is 520. The molecule has 1 aromatic carbocycles. The molecule has 1 aromatic rings. The monoisotopic (exact) mass is 352 g/mol. The van der Waals surface area contributed by atoms with Gasteiger partial charge in [-0.3, -0.25) is 4.79 Å². The van der Waals surface area contributed by atoms with Crippen LogP contribution >= 0.6 is 12.4 Å². The summed E-state index contributed by atoms with van der Waals surface area (Å²) in [5.74, 6) is -0.316. The predicted octanol–water partition coefficient (Wildman–Crippen LogP) is 3.11. The highest BCUT2D eigenvalue weighted by molar-refractivity contribution is 5.85. The van der Waals surface area contributed by atoms with E-state index in [0.29, 0.717) is 5.56 Å². The fourth-order valence-corrected chi connectivity index (χ4v) is 2.52. The van der Waals surface area contributed by atoms with Gasteiger partial charge in [-0.25, -0.2) is 0 Å². The molecule has 0 spiro atoms. The molecule has 0 saturated carbocycles. The molecule has 130 valence electrons. The summed E-state index contributed by atoms with van der Waals surface area (Å²) in [6.45, 7) is 1.06. The molecule has 0 aromatic heterocycles. The summed E-state index contributed by atoms with van der Waals surface area (Å²) in [5.41, 5.74) is 0.591. The molecule has 0 radical (unpaired) electrons. The topological polar surface area (TPSA) is 41.6 Å². The van der Waals surface area contributed by atoms with Crippen LogP contribution in [0.3, 0.4) is 0 Å². The van der Waals surface area contributed by atoms with Crippen LogP contribution in [0.1, 0.15) is 24.8 Å². The summed E-state index contributed by atoms with van der Waals surface area (Å²) in [4.78, 5) is 13.8. The maximum absolute atomic E-state index is 12.3. The summed E-state index contributed by atoms with van der Waals surface area (Å²) in [6, 6.07) is 5.48. The second kappa shape index (κ2) is 8.40. The molecular formula is C15H20ClF3N2O2. The minimum Gasteiger partial charge on any atom is -0.406 e.